The number of hydrogen-bond donors (Lipinski definition) is 2. The number of benzene rings is 1. The number of nitrogens with one attached hydrogen (secondary N) is 1. The van der Waals surface area contributed by atoms with Gasteiger partial charge in [0.25, 0.3) is 0 Å². The van der Waals surface area contributed by atoms with Gasteiger partial charge in [0.05, 0.1) is 13.2 Å². The van der Waals surface area contributed by atoms with E-state index in [2.05, 4.69) is 17.9 Å². The molecule has 0 aliphatic heterocycles. The zero-order chi connectivity index (χ0) is 14.8. The fourth-order valence-corrected chi connectivity index (χ4v) is 1.93. The summed E-state index contributed by atoms with van der Waals surface area (Å²) in [4.78, 5) is 23.5. The van der Waals surface area contributed by atoms with Crippen molar-refractivity contribution >= 4 is 24.4 Å². The second-order valence-electron chi connectivity index (χ2n) is 4.48. The van der Waals surface area contributed by atoms with E-state index in [1.54, 1.807) is 0 Å². The van der Waals surface area contributed by atoms with Gasteiger partial charge in [0.2, 0.25) is 0 Å². The Hall–Kier alpha value is -1.33. The van der Waals surface area contributed by atoms with E-state index < -0.39 is 6.04 Å². The lowest BCUT2D eigenvalue weighted by molar-refractivity contribution is -0.145. The molecule has 4 nitrogen and oxygen atoms in total. The van der Waals surface area contributed by atoms with Gasteiger partial charge < -0.3 is 4.74 Å². The maximum absolute atomic E-state index is 11.8. The van der Waals surface area contributed by atoms with Crippen molar-refractivity contribution in [2.45, 2.75) is 25.8 Å². The molecule has 0 spiro atoms. The summed E-state index contributed by atoms with van der Waals surface area (Å²) in [5.74, 6) is -0.0121. The first-order chi connectivity index (χ1) is 9.67. The highest BCUT2D eigenvalue weighted by atomic mass is 32.1. The van der Waals surface area contributed by atoms with E-state index in [0.29, 0.717) is 18.8 Å². The minimum atomic E-state index is -0.537. The molecule has 5 heteroatoms. The van der Waals surface area contributed by atoms with Crippen molar-refractivity contribution in [3.8, 4) is 0 Å². The van der Waals surface area contributed by atoms with E-state index in [1.165, 1.54) is 0 Å². The van der Waals surface area contributed by atoms with Crippen molar-refractivity contribution in [3.63, 3.8) is 0 Å². The summed E-state index contributed by atoms with van der Waals surface area (Å²) in [7, 11) is 0. The highest BCUT2D eigenvalue weighted by Gasteiger charge is 2.18. The van der Waals surface area contributed by atoms with Crippen molar-refractivity contribution in [1.82, 2.24) is 5.32 Å². The summed E-state index contributed by atoms with van der Waals surface area (Å²) in [6.07, 6.45) is 1.13. The van der Waals surface area contributed by atoms with Crippen molar-refractivity contribution in [1.29, 1.82) is 0 Å². The van der Waals surface area contributed by atoms with Crippen LogP contribution in [0.2, 0.25) is 0 Å². The van der Waals surface area contributed by atoms with E-state index in [-0.39, 0.29) is 18.3 Å². The third kappa shape index (κ3) is 6.21. The zero-order valence-corrected chi connectivity index (χ0v) is 12.6. The average molecular weight is 295 g/mol. The predicted octanol–water partition coefficient (Wildman–Crippen LogP) is 1.64. The normalized spacial score (nSPS) is 11.9. The topological polar surface area (TPSA) is 55.4 Å². The minimum absolute atomic E-state index is 0.0336. The van der Waals surface area contributed by atoms with E-state index in [9.17, 15) is 9.59 Å². The Labute approximate surface area is 125 Å². The number of carbonyl (C=O) groups excluding carboxylic acids is 2. The lowest BCUT2D eigenvalue weighted by Crippen LogP contribution is -2.42. The summed E-state index contributed by atoms with van der Waals surface area (Å²) >= 11 is 4.10. The number of ether oxygens (including phenoxy) is 1. The van der Waals surface area contributed by atoms with Gasteiger partial charge in [-0.2, -0.15) is 12.6 Å². The van der Waals surface area contributed by atoms with Crippen LogP contribution in [0, 0.1) is 0 Å². The molecule has 0 aromatic heterocycles. The Morgan fingerprint density at radius 1 is 1.30 bits per heavy atom. The highest BCUT2D eigenvalue weighted by Crippen LogP contribution is 2.00. The molecule has 0 fully saturated rings. The van der Waals surface area contributed by atoms with Gasteiger partial charge in [-0.15, -0.1) is 0 Å². The second-order valence-corrected chi connectivity index (χ2v) is 4.85. The largest absolute Gasteiger partial charge is 0.465 e. The third-order valence-corrected chi connectivity index (χ3v) is 3.07. The monoisotopic (exact) mass is 295 g/mol. The summed E-state index contributed by atoms with van der Waals surface area (Å²) < 4.78 is 5.03. The smallest absolute Gasteiger partial charge is 0.323 e. The van der Waals surface area contributed by atoms with Crippen LogP contribution in [-0.4, -0.2) is 36.7 Å². The van der Waals surface area contributed by atoms with Gasteiger partial charge in [-0.25, -0.2) is 0 Å². The van der Waals surface area contributed by atoms with Crippen LogP contribution in [0.25, 0.3) is 0 Å². The van der Waals surface area contributed by atoms with Gasteiger partial charge in [0.1, 0.15) is 6.04 Å². The van der Waals surface area contributed by atoms with Crippen molar-refractivity contribution in [2.75, 3.05) is 18.9 Å². The Bertz CT molecular complexity index is 422. The van der Waals surface area contributed by atoms with Gasteiger partial charge in [-0.05, 0) is 12.0 Å². The molecule has 0 heterocycles. The number of rotatable bonds is 9. The van der Waals surface area contributed by atoms with Crippen LogP contribution >= 0.6 is 12.6 Å². The molecule has 0 aliphatic rings. The zero-order valence-electron chi connectivity index (χ0n) is 11.7. The van der Waals surface area contributed by atoms with Crippen LogP contribution in [-0.2, 0) is 20.7 Å². The molecule has 1 atom stereocenters. The molecular formula is C15H21NO3S. The van der Waals surface area contributed by atoms with Gasteiger partial charge in [-0.3, -0.25) is 14.9 Å². The van der Waals surface area contributed by atoms with E-state index >= 15 is 0 Å². The van der Waals surface area contributed by atoms with Gasteiger partial charge in [0.15, 0.2) is 5.78 Å². The number of thiol groups is 1. The Morgan fingerprint density at radius 2 is 2.00 bits per heavy atom. The molecule has 0 bridgehead atoms. The maximum Gasteiger partial charge on any atom is 0.323 e. The number of ketones is 1. The quantitative estimate of drug-likeness (QED) is 0.537. The first-order valence-corrected chi connectivity index (χ1v) is 7.37. The number of esters is 1. The average Bonchev–Trinajstić information content (AvgIpc) is 2.46. The molecule has 0 amide bonds. The molecule has 1 rings (SSSR count). The number of carbonyl (C=O) groups is 2. The Morgan fingerprint density at radius 3 is 2.60 bits per heavy atom. The SMILES string of the molecule is CCCOC(=O)[C@@H](CS)NCC(=O)Cc1ccccc1. The van der Waals surface area contributed by atoms with Gasteiger partial charge in [-0.1, -0.05) is 37.3 Å². The molecular weight excluding hydrogens is 274 g/mol. The van der Waals surface area contributed by atoms with Crippen molar-refractivity contribution < 1.29 is 14.3 Å². The standard InChI is InChI=1S/C15H21NO3S/c1-2-8-19-15(18)14(11-20)16-10-13(17)9-12-6-4-3-5-7-12/h3-7,14,16,20H,2,8-11H2,1H3/t14-/m1/s1. The Balaban J connectivity index is 2.36. The number of Topliss-reactive ketones (excluding diaryl/α,β-unsaturated/α-hetero) is 1. The first-order valence-electron chi connectivity index (χ1n) is 6.73. The molecule has 110 valence electrons. The predicted molar refractivity (Wildman–Crippen MR) is 82.0 cm³/mol. The van der Waals surface area contributed by atoms with Gasteiger partial charge >= 0.3 is 5.97 Å². The molecule has 1 N–H and O–H groups in total. The molecule has 0 saturated carbocycles. The van der Waals surface area contributed by atoms with Crippen molar-refractivity contribution in [3.05, 3.63) is 35.9 Å². The van der Waals surface area contributed by atoms with E-state index in [0.717, 1.165) is 12.0 Å². The molecule has 20 heavy (non-hydrogen) atoms. The van der Waals surface area contributed by atoms with E-state index in [1.807, 2.05) is 37.3 Å². The van der Waals surface area contributed by atoms with Crippen LogP contribution in [0.3, 0.4) is 0 Å². The molecule has 0 unspecified atom stereocenters. The van der Waals surface area contributed by atoms with Crippen LogP contribution in [0.4, 0.5) is 0 Å². The van der Waals surface area contributed by atoms with E-state index in [4.69, 9.17) is 4.74 Å². The molecule has 0 radical (unpaired) electrons. The first kappa shape index (κ1) is 16.7. The summed E-state index contributed by atoms with van der Waals surface area (Å²) in [6, 6.07) is 8.98. The minimum Gasteiger partial charge on any atom is -0.465 e. The van der Waals surface area contributed by atoms with Crippen LogP contribution in [0.1, 0.15) is 18.9 Å². The summed E-state index contributed by atoms with van der Waals surface area (Å²) in [6.45, 7) is 2.46. The second kappa shape index (κ2) is 9.55. The summed E-state index contributed by atoms with van der Waals surface area (Å²) in [5, 5.41) is 2.90. The third-order valence-electron chi connectivity index (χ3n) is 2.71. The molecule has 1 aromatic rings. The van der Waals surface area contributed by atoms with Crippen LogP contribution in [0.15, 0.2) is 30.3 Å². The molecule has 1 aromatic carbocycles. The highest BCUT2D eigenvalue weighted by molar-refractivity contribution is 7.80. The van der Waals surface area contributed by atoms with Crippen LogP contribution in [0.5, 0.6) is 0 Å². The lowest BCUT2D eigenvalue weighted by atomic mass is 10.1. The van der Waals surface area contributed by atoms with Crippen LogP contribution < -0.4 is 5.32 Å². The fraction of sp³-hybridized carbons (Fsp3) is 0.467. The summed E-state index contributed by atoms with van der Waals surface area (Å²) in [5.41, 5.74) is 0.968. The number of hydrogen-bond acceptors (Lipinski definition) is 5. The molecule has 0 aliphatic carbocycles. The Kier molecular flexibility index (Phi) is 7.99. The maximum atomic E-state index is 11.8. The van der Waals surface area contributed by atoms with Gasteiger partial charge in [0, 0.05) is 12.2 Å². The lowest BCUT2D eigenvalue weighted by Gasteiger charge is -2.14. The fourth-order valence-electron chi connectivity index (χ4n) is 1.65. The van der Waals surface area contributed by atoms with Crippen molar-refractivity contribution in [2.24, 2.45) is 0 Å². The molecule has 0 saturated heterocycles.